The Bertz CT molecular complexity index is 841. The molecule has 0 spiro atoms. The van der Waals surface area contributed by atoms with Gasteiger partial charge in [-0.3, -0.25) is 9.59 Å². The van der Waals surface area contributed by atoms with Gasteiger partial charge in [0.05, 0.1) is 18.2 Å². The van der Waals surface area contributed by atoms with Gasteiger partial charge in [-0.2, -0.15) is 0 Å². The lowest BCUT2D eigenvalue weighted by Gasteiger charge is -2.20. The van der Waals surface area contributed by atoms with Gasteiger partial charge in [0.15, 0.2) is 11.6 Å². The summed E-state index contributed by atoms with van der Waals surface area (Å²) in [7, 11) is 0. The zero-order chi connectivity index (χ0) is 18.7. The number of hydrogen-bond donors (Lipinski definition) is 1. The molecule has 1 N–H and O–H groups in total. The first-order chi connectivity index (χ1) is 12.5. The molecule has 7 heteroatoms. The summed E-state index contributed by atoms with van der Waals surface area (Å²) in [6.07, 6.45) is 0.0377. The maximum atomic E-state index is 13.3. The van der Waals surface area contributed by atoms with Crippen LogP contribution in [0.15, 0.2) is 42.5 Å². The normalized spacial score (nSPS) is 16.7. The van der Waals surface area contributed by atoms with Crippen LogP contribution in [0.4, 0.5) is 20.2 Å². The van der Waals surface area contributed by atoms with Crippen molar-refractivity contribution in [1.29, 1.82) is 0 Å². The predicted octanol–water partition coefficient (Wildman–Crippen LogP) is 3.36. The molecule has 0 saturated carbocycles. The summed E-state index contributed by atoms with van der Waals surface area (Å²) in [6.45, 7) is 2.50. The average molecular weight is 360 g/mol. The van der Waals surface area contributed by atoms with Crippen molar-refractivity contribution in [2.45, 2.75) is 13.3 Å². The number of anilines is 2. The van der Waals surface area contributed by atoms with Crippen molar-refractivity contribution in [3.05, 3.63) is 54.1 Å². The molecular weight excluding hydrogens is 342 g/mol. The highest BCUT2D eigenvalue weighted by atomic mass is 19.2. The minimum absolute atomic E-state index is 0.0377. The van der Waals surface area contributed by atoms with Crippen molar-refractivity contribution in [1.82, 2.24) is 0 Å². The highest BCUT2D eigenvalue weighted by Crippen LogP contribution is 2.33. The molecular formula is C19H18F2N2O3. The Kier molecular flexibility index (Phi) is 5.16. The van der Waals surface area contributed by atoms with Gasteiger partial charge in [0.2, 0.25) is 11.8 Å². The fourth-order valence-corrected chi connectivity index (χ4v) is 2.89. The second-order valence-corrected chi connectivity index (χ2v) is 5.92. The molecule has 0 aliphatic carbocycles. The standard InChI is InChI=1S/C19H18F2N2O3/c1-2-26-17-6-4-3-5-16(17)23-11-12(9-18(23)24)19(25)22-13-7-8-14(20)15(21)10-13/h3-8,10,12H,2,9,11H2,1H3,(H,22,25)/t12-/m1/s1. The van der Waals surface area contributed by atoms with Gasteiger partial charge in [-0.25, -0.2) is 8.78 Å². The molecule has 3 rings (SSSR count). The monoisotopic (exact) mass is 360 g/mol. The summed E-state index contributed by atoms with van der Waals surface area (Å²) in [5.74, 6) is -2.66. The smallest absolute Gasteiger partial charge is 0.229 e. The number of rotatable bonds is 5. The van der Waals surface area contributed by atoms with Crippen molar-refractivity contribution in [3.8, 4) is 5.75 Å². The van der Waals surface area contributed by atoms with Crippen LogP contribution in [-0.2, 0) is 9.59 Å². The lowest BCUT2D eigenvalue weighted by Crippen LogP contribution is -2.28. The molecule has 136 valence electrons. The highest BCUT2D eigenvalue weighted by Gasteiger charge is 2.36. The Labute approximate surface area is 149 Å². The Hall–Kier alpha value is -2.96. The molecule has 5 nitrogen and oxygen atoms in total. The third kappa shape index (κ3) is 3.66. The fourth-order valence-electron chi connectivity index (χ4n) is 2.89. The average Bonchev–Trinajstić information content (AvgIpc) is 3.01. The Morgan fingerprint density at radius 3 is 2.73 bits per heavy atom. The van der Waals surface area contributed by atoms with Crippen LogP contribution in [0, 0.1) is 17.6 Å². The zero-order valence-electron chi connectivity index (χ0n) is 14.2. The van der Waals surface area contributed by atoms with Crippen LogP contribution >= 0.6 is 0 Å². The number of benzene rings is 2. The molecule has 0 unspecified atom stereocenters. The van der Waals surface area contributed by atoms with Crippen LogP contribution in [0.3, 0.4) is 0 Å². The minimum Gasteiger partial charge on any atom is -0.492 e. The second kappa shape index (κ2) is 7.51. The van der Waals surface area contributed by atoms with Crippen LogP contribution in [0.2, 0.25) is 0 Å². The van der Waals surface area contributed by atoms with E-state index in [4.69, 9.17) is 4.74 Å². The molecule has 2 aromatic rings. The van der Waals surface area contributed by atoms with Crippen molar-refractivity contribution in [3.63, 3.8) is 0 Å². The van der Waals surface area contributed by atoms with Crippen molar-refractivity contribution in [2.24, 2.45) is 5.92 Å². The molecule has 0 aromatic heterocycles. The van der Waals surface area contributed by atoms with Gasteiger partial charge in [-0.1, -0.05) is 12.1 Å². The molecule has 1 aliphatic heterocycles. The van der Waals surface area contributed by atoms with E-state index in [1.807, 2.05) is 13.0 Å². The van der Waals surface area contributed by atoms with E-state index in [0.29, 0.717) is 18.0 Å². The van der Waals surface area contributed by atoms with Crippen LogP contribution in [0.5, 0.6) is 5.75 Å². The Morgan fingerprint density at radius 2 is 2.00 bits per heavy atom. The maximum absolute atomic E-state index is 13.3. The maximum Gasteiger partial charge on any atom is 0.229 e. The molecule has 1 fully saturated rings. The van der Waals surface area contributed by atoms with Gasteiger partial charge in [-0.15, -0.1) is 0 Å². The number of para-hydroxylation sites is 2. The fraction of sp³-hybridized carbons (Fsp3) is 0.263. The number of ether oxygens (including phenoxy) is 1. The van der Waals surface area contributed by atoms with Crippen molar-refractivity contribution >= 4 is 23.2 Å². The Morgan fingerprint density at radius 1 is 1.23 bits per heavy atom. The molecule has 26 heavy (non-hydrogen) atoms. The zero-order valence-corrected chi connectivity index (χ0v) is 14.2. The number of hydrogen-bond acceptors (Lipinski definition) is 3. The van der Waals surface area contributed by atoms with Crippen LogP contribution in [0.25, 0.3) is 0 Å². The SMILES string of the molecule is CCOc1ccccc1N1C[C@H](C(=O)Nc2ccc(F)c(F)c2)CC1=O. The van der Waals surface area contributed by atoms with Crippen molar-refractivity contribution < 1.29 is 23.1 Å². The van der Waals surface area contributed by atoms with Gasteiger partial charge in [0, 0.05) is 24.7 Å². The van der Waals surface area contributed by atoms with E-state index in [1.54, 1.807) is 18.2 Å². The van der Waals surface area contributed by atoms with Gasteiger partial charge in [0.25, 0.3) is 0 Å². The predicted molar refractivity (Wildman–Crippen MR) is 93.1 cm³/mol. The summed E-state index contributed by atoms with van der Waals surface area (Å²) in [5, 5.41) is 2.53. The Balaban J connectivity index is 1.73. The number of carbonyl (C=O) groups excluding carboxylic acids is 2. The van der Waals surface area contributed by atoms with Gasteiger partial charge >= 0.3 is 0 Å². The second-order valence-electron chi connectivity index (χ2n) is 5.92. The van der Waals surface area contributed by atoms with E-state index in [9.17, 15) is 18.4 Å². The quantitative estimate of drug-likeness (QED) is 0.890. The molecule has 1 heterocycles. The first-order valence-corrected chi connectivity index (χ1v) is 8.27. The largest absolute Gasteiger partial charge is 0.492 e. The number of halogens is 2. The lowest BCUT2D eigenvalue weighted by molar-refractivity contribution is -0.122. The number of carbonyl (C=O) groups is 2. The summed E-state index contributed by atoms with van der Waals surface area (Å²) < 4.78 is 31.8. The van der Waals surface area contributed by atoms with Crippen molar-refractivity contribution in [2.75, 3.05) is 23.4 Å². The summed E-state index contributed by atoms with van der Waals surface area (Å²) in [6, 6.07) is 10.2. The first kappa shape index (κ1) is 17.8. The number of amides is 2. The van der Waals surface area contributed by atoms with E-state index >= 15 is 0 Å². The van der Waals surface area contributed by atoms with E-state index < -0.39 is 23.5 Å². The van der Waals surface area contributed by atoms with Crippen LogP contribution in [-0.4, -0.2) is 25.0 Å². The minimum atomic E-state index is -1.04. The topological polar surface area (TPSA) is 58.6 Å². The number of nitrogens with one attached hydrogen (secondary N) is 1. The number of nitrogens with zero attached hydrogens (tertiary/aromatic N) is 1. The molecule has 1 atom stereocenters. The third-order valence-corrected chi connectivity index (χ3v) is 4.14. The van der Waals surface area contributed by atoms with Gasteiger partial charge < -0.3 is 15.0 Å². The highest BCUT2D eigenvalue weighted by molar-refractivity contribution is 6.04. The summed E-state index contributed by atoms with van der Waals surface area (Å²) >= 11 is 0. The van der Waals surface area contributed by atoms with E-state index in [2.05, 4.69) is 5.32 Å². The molecule has 2 aromatic carbocycles. The molecule has 0 radical (unpaired) electrons. The molecule has 1 aliphatic rings. The summed E-state index contributed by atoms with van der Waals surface area (Å²) in [4.78, 5) is 26.3. The van der Waals surface area contributed by atoms with E-state index in [-0.39, 0.29) is 24.6 Å². The van der Waals surface area contributed by atoms with Crippen LogP contribution in [0.1, 0.15) is 13.3 Å². The molecule has 1 saturated heterocycles. The molecule has 0 bridgehead atoms. The van der Waals surface area contributed by atoms with Gasteiger partial charge in [0.1, 0.15) is 5.75 Å². The summed E-state index contributed by atoms with van der Waals surface area (Å²) in [5.41, 5.74) is 0.761. The van der Waals surface area contributed by atoms with E-state index in [1.165, 1.54) is 11.0 Å². The lowest BCUT2D eigenvalue weighted by atomic mass is 10.1. The van der Waals surface area contributed by atoms with Crippen LogP contribution < -0.4 is 15.0 Å². The third-order valence-electron chi connectivity index (χ3n) is 4.14. The molecule has 2 amide bonds. The van der Waals surface area contributed by atoms with Gasteiger partial charge in [-0.05, 0) is 31.2 Å². The first-order valence-electron chi connectivity index (χ1n) is 8.27. The van der Waals surface area contributed by atoms with E-state index in [0.717, 1.165) is 12.1 Å².